The normalized spacial score (nSPS) is 17.6. The lowest BCUT2D eigenvalue weighted by atomic mass is 10.0. The van der Waals surface area contributed by atoms with Gasteiger partial charge in [-0.2, -0.15) is 0 Å². The zero-order valence-electron chi connectivity index (χ0n) is 10.3. The second-order valence-corrected chi connectivity index (χ2v) is 4.22. The third-order valence-corrected chi connectivity index (χ3v) is 3.14. The fraction of sp³-hybridized carbons (Fsp3) is 0.385. The molecule has 1 aromatic carbocycles. The average molecular weight is 293 g/mol. The number of rotatable bonds is 3. The Labute approximate surface area is 116 Å². The molecule has 0 aromatic heterocycles. The van der Waals surface area contributed by atoms with Crippen molar-refractivity contribution >= 4 is 12.4 Å². The van der Waals surface area contributed by atoms with Crippen molar-refractivity contribution in [2.24, 2.45) is 0 Å². The zero-order chi connectivity index (χ0) is 13.1. The second-order valence-electron chi connectivity index (χ2n) is 4.22. The smallest absolute Gasteiger partial charge is 0.166 e. The molecule has 19 heavy (non-hydrogen) atoms. The molecule has 1 N–H and O–H groups in total. The van der Waals surface area contributed by atoms with Gasteiger partial charge < -0.3 is 5.32 Å². The lowest BCUT2D eigenvalue weighted by Crippen LogP contribution is -2.45. The molecule has 106 valence electrons. The summed E-state index contributed by atoms with van der Waals surface area (Å²) in [7, 11) is 0. The minimum Gasteiger partial charge on any atom is -0.314 e. The van der Waals surface area contributed by atoms with E-state index in [0.29, 0.717) is 13.1 Å². The van der Waals surface area contributed by atoms with E-state index < -0.39 is 23.5 Å². The lowest BCUT2D eigenvalue weighted by Gasteiger charge is -2.33. The number of benzene rings is 1. The third-order valence-electron chi connectivity index (χ3n) is 3.14. The first-order valence-corrected chi connectivity index (χ1v) is 5.86. The van der Waals surface area contributed by atoms with Crippen LogP contribution in [-0.4, -0.2) is 31.1 Å². The highest BCUT2D eigenvalue weighted by Crippen LogP contribution is 2.28. The van der Waals surface area contributed by atoms with E-state index in [2.05, 4.69) is 11.9 Å². The van der Waals surface area contributed by atoms with Crippen LogP contribution < -0.4 is 5.32 Å². The van der Waals surface area contributed by atoms with Gasteiger partial charge in [0.1, 0.15) is 5.82 Å². The van der Waals surface area contributed by atoms with E-state index in [0.717, 1.165) is 25.2 Å². The predicted octanol–water partition coefficient (Wildman–Crippen LogP) is 2.66. The van der Waals surface area contributed by atoms with Gasteiger partial charge in [0.05, 0.1) is 6.04 Å². The fourth-order valence-corrected chi connectivity index (χ4v) is 2.22. The molecule has 1 heterocycles. The molecule has 0 radical (unpaired) electrons. The van der Waals surface area contributed by atoms with Crippen LogP contribution in [0.5, 0.6) is 0 Å². The highest BCUT2D eigenvalue weighted by molar-refractivity contribution is 5.85. The van der Waals surface area contributed by atoms with Crippen molar-refractivity contribution in [2.45, 2.75) is 6.04 Å². The summed E-state index contributed by atoms with van der Waals surface area (Å²) >= 11 is 0. The largest absolute Gasteiger partial charge is 0.314 e. The molecule has 2 rings (SSSR count). The van der Waals surface area contributed by atoms with E-state index in [1.807, 2.05) is 4.90 Å². The molecule has 0 unspecified atom stereocenters. The molecule has 1 saturated heterocycles. The van der Waals surface area contributed by atoms with E-state index in [-0.39, 0.29) is 18.0 Å². The Bertz CT molecular complexity index is 448. The Kier molecular flexibility index (Phi) is 5.85. The van der Waals surface area contributed by atoms with E-state index >= 15 is 0 Å². The maximum Gasteiger partial charge on any atom is 0.166 e. The molecule has 1 fully saturated rings. The molecule has 0 amide bonds. The topological polar surface area (TPSA) is 15.3 Å². The zero-order valence-corrected chi connectivity index (χ0v) is 11.2. The van der Waals surface area contributed by atoms with Crippen molar-refractivity contribution < 1.29 is 13.2 Å². The molecular weight excluding hydrogens is 277 g/mol. The Balaban J connectivity index is 0.00000180. The van der Waals surface area contributed by atoms with Crippen LogP contribution in [0.4, 0.5) is 13.2 Å². The second kappa shape index (κ2) is 6.93. The maximum atomic E-state index is 13.7. The van der Waals surface area contributed by atoms with Crippen molar-refractivity contribution in [1.29, 1.82) is 0 Å². The highest BCUT2D eigenvalue weighted by atomic mass is 35.5. The number of hydrogen-bond acceptors (Lipinski definition) is 2. The number of hydrogen-bond donors (Lipinski definition) is 1. The van der Waals surface area contributed by atoms with Crippen molar-refractivity contribution in [1.82, 2.24) is 10.2 Å². The predicted molar refractivity (Wildman–Crippen MR) is 70.9 cm³/mol. The molecule has 0 spiro atoms. The summed E-state index contributed by atoms with van der Waals surface area (Å²) in [5, 5.41) is 3.15. The summed E-state index contributed by atoms with van der Waals surface area (Å²) in [6.07, 6.45) is 1.45. The molecule has 0 aliphatic carbocycles. The van der Waals surface area contributed by atoms with Crippen LogP contribution >= 0.6 is 12.4 Å². The number of nitrogens with one attached hydrogen (secondary N) is 1. The van der Waals surface area contributed by atoms with Gasteiger partial charge in [0.15, 0.2) is 11.6 Å². The van der Waals surface area contributed by atoms with E-state index in [4.69, 9.17) is 0 Å². The average Bonchev–Trinajstić information content (AvgIpc) is 2.40. The molecular formula is C13H16ClF3N2. The minimum atomic E-state index is -1.13. The quantitative estimate of drug-likeness (QED) is 0.681. The van der Waals surface area contributed by atoms with Gasteiger partial charge in [0.25, 0.3) is 0 Å². The summed E-state index contributed by atoms with van der Waals surface area (Å²) in [6, 6.07) is 1.11. The van der Waals surface area contributed by atoms with Gasteiger partial charge in [0, 0.05) is 31.7 Å². The molecule has 1 aromatic rings. The first-order chi connectivity index (χ1) is 8.65. The van der Waals surface area contributed by atoms with Gasteiger partial charge in [-0.05, 0) is 12.1 Å². The van der Waals surface area contributed by atoms with Crippen LogP contribution in [0.1, 0.15) is 11.6 Å². The van der Waals surface area contributed by atoms with Gasteiger partial charge in [0.2, 0.25) is 0 Å². The Morgan fingerprint density at radius 2 is 1.74 bits per heavy atom. The molecule has 6 heteroatoms. The van der Waals surface area contributed by atoms with Crippen LogP contribution in [0.25, 0.3) is 0 Å². The molecule has 0 bridgehead atoms. The maximum absolute atomic E-state index is 13.7. The summed E-state index contributed by atoms with van der Waals surface area (Å²) in [5.41, 5.74) is -0.257. The monoisotopic (exact) mass is 292 g/mol. The first-order valence-electron chi connectivity index (χ1n) is 5.86. The van der Waals surface area contributed by atoms with Gasteiger partial charge in [-0.15, -0.1) is 19.0 Å². The third kappa shape index (κ3) is 3.29. The number of piperazine rings is 1. The Hall–Kier alpha value is -1.04. The SMILES string of the molecule is C=C[C@@H](c1c(F)ccc(F)c1F)N1CCNCC1.Cl. The number of halogens is 4. The first kappa shape index (κ1) is 16.0. The van der Waals surface area contributed by atoms with E-state index in [1.54, 1.807) is 0 Å². The number of nitrogens with zero attached hydrogens (tertiary/aromatic N) is 1. The molecule has 2 nitrogen and oxygen atoms in total. The van der Waals surface area contributed by atoms with Gasteiger partial charge in [-0.25, -0.2) is 13.2 Å². The van der Waals surface area contributed by atoms with Crippen LogP contribution in [0, 0.1) is 17.5 Å². The fourth-order valence-electron chi connectivity index (χ4n) is 2.22. The van der Waals surface area contributed by atoms with Crippen molar-refractivity contribution in [3.8, 4) is 0 Å². The molecule has 1 aliphatic rings. The van der Waals surface area contributed by atoms with Crippen LogP contribution in [0.3, 0.4) is 0 Å². The van der Waals surface area contributed by atoms with E-state index in [9.17, 15) is 13.2 Å². The van der Waals surface area contributed by atoms with Crippen molar-refractivity contribution in [3.63, 3.8) is 0 Å². The van der Waals surface area contributed by atoms with Gasteiger partial charge in [-0.3, -0.25) is 4.90 Å². The molecule has 0 saturated carbocycles. The van der Waals surface area contributed by atoms with Crippen molar-refractivity contribution in [2.75, 3.05) is 26.2 Å². The standard InChI is InChI=1S/C13H15F3N2.ClH/c1-2-11(18-7-5-17-6-8-18)12-9(14)3-4-10(15)13(12)16;/h2-4,11,17H,1,5-8H2;1H/t11-;/m0./s1. The Morgan fingerprint density at radius 1 is 1.16 bits per heavy atom. The Morgan fingerprint density at radius 3 is 2.32 bits per heavy atom. The van der Waals surface area contributed by atoms with Crippen molar-refractivity contribution in [3.05, 3.63) is 47.8 Å². The lowest BCUT2D eigenvalue weighted by molar-refractivity contribution is 0.196. The van der Waals surface area contributed by atoms with Gasteiger partial charge >= 0.3 is 0 Å². The summed E-state index contributed by atoms with van der Waals surface area (Å²) in [5.74, 6) is -2.90. The highest BCUT2D eigenvalue weighted by Gasteiger charge is 2.26. The van der Waals surface area contributed by atoms with Gasteiger partial charge in [-0.1, -0.05) is 6.08 Å². The molecule has 1 aliphatic heterocycles. The summed E-state index contributed by atoms with van der Waals surface area (Å²) in [4.78, 5) is 1.88. The summed E-state index contributed by atoms with van der Waals surface area (Å²) < 4.78 is 40.7. The van der Waals surface area contributed by atoms with Crippen LogP contribution in [-0.2, 0) is 0 Å². The van der Waals surface area contributed by atoms with Crippen LogP contribution in [0.2, 0.25) is 0 Å². The minimum absolute atomic E-state index is 0. The summed E-state index contributed by atoms with van der Waals surface area (Å²) in [6.45, 7) is 6.37. The van der Waals surface area contributed by atoms with Crippen LogP contribution in [0.15, 0.2) is 24.8 Å². The van der Waals surface area contributed by atoms with E-state index in [1.165, 1.54) is 6.08 Å². The molecule has 1 atom stereocenters.